The summed E-state index contributed by atoms with van der Waals surface area (Å²) in [5.74, 6) is 1.66. The highest BCUT2D eigenvalue weighted by Crippen LogP contribution is 2.19. The summed E-state index contributed by atoms with van der Waals surface area (Å²) in [5.41, 5.74) is 6.51. The number of nitrogens with zero attached hydrogens (tertiary/aromatic N) is 3. The molecule has 1 aromatic heterocycles. The van der Waals surface area contributed by atoms with Crippen LogP contribution in [0, 0.1) is 0 Å². The molecule has 6 heteroatoms. The van der Waals surface area contributed by atoms with Crippen LogP contribution < -0.4 is 16.0 Å². The van der Waals surface area contributed by atoms with E-state index < -0.39 is 0 Å². The largest absolute Gasteiger partial charge is 0.359 e. The number of aromatic nitrogens is 2. The van der Waals surface area contributed by atoms with Crippen LogP contribution in [0.2, 0.25) is 0 Å². The highest BCUT2D eigenvalue weighted by molar-refractivity contribution is 9.10. The van der Waals surface area contributed by atoms with E-state index >= 15 is 0 Å². The summed E-state index contributed by atoms with van der Waals surface area (Å²) < 4.78 is 1.05. The van der Waals surface area contributed by atoms with E-state index in [-0.39, 0.29) is 0 Å². The van der Waals surface area contributed by atoms with E-state index in [9.17, 15) is 0 Å². The van der Waals surface area contributed by atoms with Crippen molar-refractivity contribution in [2.75, 3.05) is 30.4 Å². The summed E-state index contributed by atoms with van der Waals surface area (Å²) in [6, 6.07) is 9.88. The van der Waals surface area contributed by atoms with E-state index in [1.165, 1.54) is 0 Å². The second kappa shape index (κ2) is 7.21. The molecule has 0 atom stereocenters. The van der Waals surface area contributed by atoms with Crippen LogP contribution in [0.3, 0.4) is 0 Å². The molecule has 0 saturated heterocycles. The van der Waals surface area contributed by atoms with Gasteiger partial charge in [0.1, 0.15) is 18.0 Å². The molecule has 106 valence electrons. The van der Waals surface area contributed by atoms with Crippen LogP contribution in [-0.4, -0.2) is 30.1 Å². The molecule has 0 bridgehead atoms. The monoisotopic (exact) mass is 335 g/mol. The highest BCUT2D eigenvalue weighted by atomic mass is 79.9. The molecule has 0 unspecified atom stereocenters. The predicted molar refractivity (Wildman–Crippen MR) is 86.4 cm³/mol. The van der Waals surface area contributed by atoms with E-state index in [2.05, 4.69) is 36.1 Å². The summed E-state index contributed by atoms with van der Waals surface area (Å²) >= 11 is 3.42. The number of rotatable bonds is 6. The number of anilines is 3. The summed E-state index contributed by atoms with van der Waals surface area (Å²) in [6.45, 7) is 1.56. The molecule has 1 heterocycles. The lowest BCUT2D eigenvalue weighted by Gasteiger charge is -2.18. The molecular weight excluding hydrogens is 318 g/mol. The Morgan fingerprint density at radius 2 is 2.00 bits per heavy atom. The second-order valence-electron chi connectivity index (χ2n) is 4.46. The maximum absolute atomic E-state index is 5.52. The molecule has 0 saturated carbocycles. The Morgan fingerprint density at radius 1 is 1.25 bits per heavy atom. The minimum absolute atomic E-state index is 0.680. The van der Waals surface area contributed by atoms with Gasteiger partial charge in [-0.3, -0.25) is 0 Å². The van der Waals surface area contributed by atoms with Crippen molar-refractivity contribution in [2.24, 2.45) is 5.73 Å². The third kappa shape index (κ3) is 4.18. The summed E-state index contributed by atoms with van der Waals surface area (Å²) in [5, 5.41) is 3.26. The first-order valence-corrected chi connectivity index (χ1v) is 7.24. The van der Waals surface area contributed by atoms with Gasteiger partial charge >= 0.3 is 0 Å². The van der Waals surface area contributed by atoms with Gasteiger partial charge in [-0.25, -0.2) is 9.97 Å². The lowest BCUT2D eigenvalue weighted by molar-refractivity contribution is 0.785. The average molecular weight is 336 g/mol. The van der Waals surface area contributed by atoms with E-state index in [1.807, 2.05) is 37.4 Å². The number of benzene rings is 1. The molecule has 0 fully saturated rings. The Kier molecular flexibility index (Phi) is 5.31. The lowest BCUT2D eigenvalue weighted by Crippen LogP contribution is -2.22. The van der Waals surface area contributed by atoms with Crippen LogP contribution >= 0.6 is 15.9 Å². The summed E-state index contributed by atoms with van der Waals surface area (Å²) in [6.07, 6.45) is 2.51. The third-order valence-electron chi connectivity index (χ3n) is 2.86. The molecule has 0 aliphatic rings. The normalized spacial score (nSPS) is 10.3. The predicted octanol–water partition coefficient (Wildman–Crippen LogP) is 2.77. The van der Waals surface area contributed by atoms with Gasteiger partial charge in [-0.1, -0.05) is 15.9 Å². The fourth-order valence-electron chi connectivity index (χ4n) is 1.75. The average Bonchev–Trinajstić information content (AvgIpc) is 2.47. The standard InChI is InChI=1S/C14H18BrN5/c1-20(8-2-7-16)14-9-13(17-10-18-14)19-12-5-3-11(15)4-6-12/h3-6,9-10H,2,7-8,16H2,1H3,(H,17,18,19). The van der Waals surface area contributed by atoms with Crippen LogP contribution in [0.5, 0.6) is 0 Å². The van der Waals surface area contributed by atoms with Gasteiger partial charge < -0.3 is 16.0 Å². The van der Waals surface area contributed by atoms with Gasteiger partial charge in [0.05, 0.1) is 0 Å². The quantitative estimate of drug-likeness (QED) is 0.849. The Morgan fingerprint density at radius 3 is 2.70 bits per heavy atom. The van der Waals surface area contributed by atoms with Gasteiger partial charge in [-0.05, 0) is 37.2 Å². The molecule has 0 amide bonds. The Hall–Kier alpha value is -1.66. The van der Waals surface area contributed by atoms with Crippen LogP contribution in [0.1, 0.15) is 6.42 Å². The van der Waals surface area contributed by atoms with Gasteiger partial charge in [0.2, 0.25) is 0 Å². The minimum atomic E-state index is 0.680. The Labute approximate surface area is 127 Å². The fraction of sp³-hybridized carbons (Fsp3) is 0.286. The van der Waals surface area contributed by atoms with Gasteiger partial charge in [-0.2, -0.15) is 0 Å². The maximum Gasteiger partial charge on any atom is 0.135 e. The summed E-state index contributed by atoms with van der Waals surface area (Å²) in [4.78, 5) is 10.6. The molecule has 3 N–H and O–H groups in total. The highest BCUT2D eigenvalue weighted by Gasteiger charge is 2.04. The van der Waals surface area contributed by atoms with E-state index in [0.717, 1.165) is 34.8 Å². The molecule has 0 spiro atoms. The van der Waals surface area contributed by atoms with E-state index in [1.54, 1.807) is 6.33 Å². The molecular formula is C14H18BrN5. The molecule has 20 heavy (non-hydrogen) atoms. The van der Waals surface area contributed by atoms with Crippen molar-refractivity contribution in [3.8, 4) is 0 Å². The van der Waals surface area contributed by atoms with Crippen molar-refractivity contribution in [1.29, 1.82) is 0 Å². The van der Waals surface area contributed by atoms with Crippen molar-refractivity contribution in [3.63, 3.8) is 0 Å². The first-order chi connectivity index (χ1) is 9.69. The smallest absolute Gasteiger partial charge is 0.135 e. The van der Waals surface area contributed by atoms with Crippen LogP contribution in [-0.2, 0) is 0 Å². The molecule has 1 aromatic carbocycles. The van der Waals surface area contributed by atoms with Gasteiger partial charge in [0.15, 0.2) is 0 Å². The zero-order valence-electron chi connectivity index (χ0n) is 11.4. The molecule has 2 rings (SSSR count). The first-order valence-electron chi connectivity index (χ1n) is 6.45. The van der Waals surface area contributed by atoms with Gasteiger partial charge in [-0.15, -0.1) is 0 Å². The minimum Gasteiger partial charge on any atom is -0.359 e. The number of nitrogens with one attached hydrogen (secondary N) is 1. The zero-order chi connectivity index (χ0) is 14.4. The van der Waals surface area contributed by atoms with Crippen molar-refractivity contribution in [1.82, 2.24) is 9.97 Å². The number of hydrogen-bond acceptors (Lipinski definition) is 5. The Bertz CT molecular complexity index is 544. The van der Waals surface area contributed by atoms with Crippen LogP contribution in [0.25, 0.3) is 0 Å². The van der Waals surface area contributed by atoms with Crippen LogP contribution in [0.4, 0.5) is 17.3 Å². The summed E-state index contributed by atoms with van der Waals surface area (Å²) in [7, 11) is 2.00. The SMILES string of the molecule is CN(CCCN)c1cc(Nc2ccc(Br)cc2)ncn1. The molecule has 5 nitrogen and oxygen atoms in total. The third-order valence-corrected chi connectivity index (χ3v) is 3.39. The lowest BCUT2D eigenvalue weighted by atomic mass is 10.3. The van der Waals surface area contributed by atoms with Gasteiger partial charge in [0, 0.05) is 29.8 Å². The van der Waals surface area contributed by atoms with Crippen molar-refractivity contribution in [2.45, 2.75) is 6.42 Å². The molecule has 2 aromatic rings. The fourth-order valence-corrected chi connectivity index (χ4v) is 2.01. The van der Waals surface area contributed by atoms with Crippen molar-refractivity contribution in [3.05, 3.63) is 41.1 Å². The van der Waals surface area contributed by atoms with E-state index in [0.29, 0.717) is 6.54 Å². The maximum atomic E-state index is 5.52. The van der Waals surface area contributed by atoms with Gasteiger partial charge in [0.25, 0.3) is 0 Å². The second-order valence-corrected chi connectivity index (χ2v) is 5.37. The molecule has 0 aliphatic heterocycles. The zero-order valence-corrected chi connectivity index (χ0v) is 13.0. The molecule has 0 aliphatic carbocycles. The number of nitrogens with two attached hydrogens (primary N) is 1. The first kappa shape index (κ1) is 14.7. The topological polar surface area (TPSA) is 67.1 Å². The van der Waals surface area contributed by atoms with E-state index in [4.69, 9.17) is 5.73 Å². The number of halogens is 1. The van der Waals surface area contributed by atoms with Crippen molar-refractivity contribution < 1.29 is 0 Å². The number of hydrogen-bond donors (Lipinski definition) is 2. The molecule has 0 radical (unpaired) electrons. The Balaban J connectivity index is 2.07. The van der Waals surface area contributed by atoms with Crippen LogP contribution in [0.15, 0.2) is 41.1 Å². The van der Waals surface area contributed by atoms with Crippen molar-refractivity contribution >= 4 is 33.3 Å².